The van der Waals surface area contributed by atoms with Crippen molar-refractivity contribution in [1.29, 1.82) is 0 Å². The van der Waals surface area contributed by atoms with Crippen molar-refractivity contribution in [3.05, 3.63) is 18.0 Å². The third-order valence-electron chi connectivity index (χ3n) is 1.64. The predicted octanol–water partition coefficient (Wildman–Crippen LogP) is 0.747. The fourth-order valence-electron chi connectivity index (χ4n) is 1.07. The van der Waals surface area contributed by atoms with Crippen molar-refractivity contribution in [1.82, 2.24) is 4.98 Å². The molecule has 0 aliphatic heterocycles. The fraction of sp³-hybridized carbons (Fsp3) is 0.222. The zero-order chi connectivity index (χ0) is 11.4. The van der Waals surface area contributed by atoms with Crippen molar-refractivity contribution in [2.75, 3.05) is 12.4 Å². The zero-order valence-corrected chi connectivity index (χ0v) is 8.27. The molecule has 80 valence electrons. The van der Waals surface area contributed by atoms with Gasteiger partial charge < -0.3 is 15.2 Å². The third kappa shape index (κ3) is 2.43. The van der Waals surface area contributed by atoms with Gasteiger partial charge in [-0.05, 0) is 0 Å². The van der Waals surface area contributed by atoms with E-state index in [1.807, 2.05) is 0 Å². The van der Waals surface area contributed by atoms with Crippen molar-refractivity contribution in [3.63, 3.8) is 0 Å². The van der Waals surface area contributed by atoms with Crippen LogP contribution < -0.4 is 10.1 Å². The van der Waals surface area contributed by atoms with Crippen LogP contribution in [0.25, 0.3) is 0 Å². The Morgan fingerprint density at radius 3 is 2.67 bits per heavy atom. The second-order valence-corrected chi connectivity index (χ2v) is 2.72. The highest BCUT2D eigenvalue weighted by Gasteiger charge is 2.17. The molecule has 1 aromatic rings. The molecule has 1 amide bonds. The second kappa shape index (κ2) is 4.41. The SMILES string of the molecule is COc1ccnc(C(=O)O)c1NC(C)=O. The molecule has 6 heteroatoms. The van der Waals surface area contributed by atoms with E-state index in [2.05, 4.69) is 10.3 Å². The number of carbonyl (C=O) groups excluding carboxylic acids is 1. The number of aromatic carboxylic acids is 1. The Morgan fingerprint density at radius 1 is 1.53 bits per heavy atom. The van der Waals surface area contributed by atoms with Gasteiger partial charge in [-0.25, -0.2) is 9.78 Å². The van der Waals surface area contributed by atoms with Gasteiger partial charge in [0, 0.05) is 19.2 Å². The standard InChI is InChI=1S/C9H10N2O4/c1-5(12)11-7-6(15-2)3-4-10-8(7)9(13)14/h3-4H,1-2H3,(H,11,12)(H,13,14). The summed E-state index contributed by atoms with van der Waals surface area (Å²) in [6.07, 6.45) is 1.30. The molecule has 15 heavy (non-hydrogen) atoms. The van der Waals surface area contributed by atoms with Crippen LogP contribution in [0.2, 0.25) is 0 Å². The lowest BCUT2D eigenvalue weighted by Crippen LogP contribution is -2.13. The Bertz CT molecular complexity index is 403. The third-order valence-corrected chi connectivity index (χ3v) is 1.64. The van der Waals surface area contributed by atoms with E-state index in [-0.39, 0.29) is 23.0 Å². The van der Waals surface area contributed by atoms with Gasteiger partial charge in [0.15, 0.2) is 5.69 Å². The number of carboxylic acids is 1. The quantitative estimate of drug-likeness (QED) is 0.768. The van der Waals surface area contributed by atoms with E-state index in [4.69, 9.17) is 9.84 Å². The van der Waals surface area contributed by atoms with Crippen molar-refractivity contribution < 1.29 is 19.4 Å². The number of anilines is 1. The van der Waals surface area contributed by atoms with Gasteiger partial charge >= 0.3 is 5.97 Å². The van der Waals surface area contributed by atoms with Crippen LogP contribution in [0, 0.1) is 0 Å². The normalized spacial score (nSPS) is 9.47. The number of rotatable bonds is 3. The topological polar surface area (TPSA) is 88.5 Å². The van der Waals surface area contributed by atoms with E-state index in [0.29, 0.717) is 0 Å². The molecule has 1 aromatic heterocycles. The first kappa shape index (κ1) is 11.0. The number of amides is 1. The molecule has 2 N–H and O–H groups in total. The van der Waals surface area contributed by atoms with Crippen molar-refractivity contribution in [3.8, 4) is 5.75 Å². The van der Waals surface area contributed by atoms with Crippen molar-refractivity contribution in [2.45, 2.75) is 6.92 Å². The van der Waals surface area contributed by atoms with Crippen LogP contribution in [0.3, 0.4) is 0 Å². The molecular weight excluding hydrogens is 200 g/mol. The Morgan fingerprint density at radius 2 is 2.20 bits per heavy atom. The maximum Gasteiger partial charge on any atom is 0.356 e. The summed E-state index contributed by atoms with van der Waals surface area (Å²) in [5.41, 5.74) is -0.176. The maximum absolute atomic E-state index is 10.9. The average molecular weight is 210 g/mol. The minimum Gasteiger partial charge on any atom is -0.494 e. The molecule has 1 rings (SSSR count). The summed E-state index contributed by atoms with van der Waals surface area (Å²) in [4.78, 5) is 25.3. The Kier molecular flexibility index (Phi) is 3.22. The fourth-order valence-corrected chi connectivity index (χ4v) is 1.07. The van der Waals surface area contributed by atoms with Gasteiger partial charge in [-0.15, -0.1) is 0 Å². The summed E-state index contributed by atoms with van der Waals surface area (Å²) in [6, 6.07) is 1.47. The van der Waals surface area contributed by atoms with Crippen LogP contribution in [0.1, 0.15) is 17.4 Å². The minimum absolute atomic E-state index is 0.0694. The lowest BCUT2D eigenvalue weighted by Gasteiger charge is -2.10. The highest BCUT2D eigenvalue weighted by molar-refractivity contribution is 6.00. The number of nitrogens with zero attached hydrogens (tertiary/aromatic N) is 1. The molecule has 0 aliphatic carbocycles. The monoisotopic (exact) mass is 210 g/mol. The van der Waals surface area contributed by atoms with E-state index in [0.717, 1.165) is 0 Å². The number of nitrogens with one attached hydrogen (secondary N) is 1. The van der Waals surface area contributed by atoms with Crippen LogP contribution in [0.15, 0.2) is 12.3 Å². The molecule has 0 unspecified atom stereocenters. The highest BCUT2D eigenvalue weighted by atomic mass is 16.5. The number of ether oxygens (including phenoxy) is 1. The molecule has 0 saturated carbocycles. The van der Waals surface area contributed by atoms with Gasteiger partial charge in [-0.2, -0.15) is 0 Å². The summed E-state index contributed by atoms with van der Waals surface area (Å²) in [7, 11) is 1.38. The first-order chi connectivity index (χ1) is 7.06. The summed E-state index contributed by atoms with van der Waals surface area (Å²) in [6.45, 7) is 1.28. The molecular formula is C9H10N2O4. The van der Waals surface area contributed by atoms with Crippen LogP contribution in [0.4, 0.5) is 5.69 Å². The smallest absolute Gasteiger partial charge is 0.356 e. The number of hydrogen-bond donors (Lipinski definition) is 2. The largest absolute Gasteiger partial charge is 0.494 e. The molecule has 1 heterocycles. The van der Waals surface area contributed by atoms with Crippen LogP contribution in [-0.4, -0.2) is 29.1 Å². The first-order valence-electron chi connectivity index (χ1n) is 4.10. The number of carbonyl (C=O) groups is 2. The lowest BCUT2D eigenvalue weighted by atomic mass is 10.2. The van der Waals surface area contributed by atoms with E-state index in [1.54, 1.807) is 0 Å². The number of pyridine rings is 1. The molecule has 0 aromatic carbocycles. The molecule has 0 atom stereocenters. The van der Waals surface area contributed by atoms with E-state index in [9.17, 15) is 9.59 Å². The van der Waals surface area contributed by atoms with Crippen molar-refractivity contribution in [2.24, 2.45) is 0 Å². The van der Waals surface area contributed by atoms with Gasteiger partial charge in [0.25, 0.3) is 0 Å². The van der Waals surface area contributed by atoms with Crippen LogP contribution in [0.5, 0.6) is 5.75 Å². The molecule has 0 spiro atoms. The number of methoxy groups -OCH3 is 1. The van der Waals surface area contributed by atoms with Crippen molar-refractivity contribution >= 4 is 17.6 Å². The molecule has 0 saturated heterocycles. The number of carboxylic acid groups (broad SMARTS) is 1. The minimum atomic E-state index is -1.22. The molecule has 6 nitrogen and oxygen atoms in total. The van der Waals surface area contributed by atoms with Gasteiger partial charge in [0.1, 0.15) is 11.4 Å². The summed E-state index contributed by atoms with van der Waals surface area (Å²) in [5, 5.41) is 11.2. The van der Waals surface area contributed by atoms with E-state index in [1.165, 1.54) is 26.3 Å². The van der Waals surface area contributed by atoms with Gasteiger partial charge in [0.2, 0.25) is 5.91 Å². The zero-order valence-electron chi connectivity index (χ0n) is 8.27. The van der Waals surface area contributed by atoms with E-state index >= 15 is 0 Å². The Hall–Kier alpha value is -2.11. The Labute approximate surface area is 85.9 Å². The molecule has 0 aliphatic rings. The van der Waals surface area contributed by atoms with Gasteiger partial charge in [-0.1, -0.05) is 0 Å². The average Bonchev–Trinajstić information content (AvgIpc) is 2.16. The summed E-state index contributed by atoms with van der Waals surface area (Å²) >= 11 is 0. The lowest BCUT2D eigenvalue weighted by molar-refractivity contribution is -0.114. The Balaban J connectivity index is 3.26. The van der Waals surface area contributed by atoms with Gasteiger partial charge in [-0.3, -0.25) is 4.79 Å². The maximum atomic E-state index is 10.9. The summed E-state index contributed by atoms with van der Waals surface area (Å²) in [5.74, 6) is -1.35. The molecule has 0 fully saturated rings. The predicted molar refractivity (Wildman–Crippen MR) is 52.1 cm³/mol. The highest BCUT2D eigenvalue weighted by Crippen LogP contribution is 2.26. The van der Waals surface area contributed by atoms with Gasteiger partial charge in [0.05, 0.1) is 7.11 Å². The number of hydrogen-bond acceptors (Lipinski definition) is 4. The number of aromatic nitrogens is 1. The van der Waals surface area contributed by atoms with Crippen LogP contribution in [-0.2, 0) is 4.79 Å². The second-order valence-electron chi connectivity index (χ2n) is 2.72. The first-order valence-corrected chi connectivity index (χ1v) is 4.10. The summed E-state index contributed by atoms with van der Waals surface area (Å²) < 4.78 is 4.92. The molecule has 0 bridgehead atoms. The molecule has 0 radical (unpaired) electrons. The van der Waals surface area contributed by atoms with E-state index < -0.39 is 5.97 Å². The van der Waals surface area contributed by atoms with Crippen LogP contribution >= 0.6 is 0 Å².